The van der Waals surface area contributed by atoms with Gasteiger partial charge in [0.05, 0.1) is 27.5 Å². The van der Waals surface area contributed by atoms with Gasteiger partial charge in [0.2, 0.25) is 0 Å². The summed E-state index contributed by atoms with van der Waals surface area (Å²) < 4.78 is 5.65. The molecule has 0 atom stereocenters. The van der Waals surface area contributed by atoms with Crippen LogP contribution in [0.3, 0.4) is 0 Å². The van der Waals surface area contributed by atoms with Crippen LogP contribution in [-0.4, -0.2) is 24.0 Å². The number of hydrogen-bond acceptors (Lipinski definition) is 5. The van der Waals surface area contributed by atoms with E-state index in [0.717, 1.165) is 16.3 Å². The molecule has 0 aliphatic rings. The number of hydrazone groups is 1. The molecule has 0 aliphatic heterocycles. The number of nitrogens with zero attached hydrogens (tertiary/aromatic N) is 1. The average Bonchev–Trinajstić information content (AvgIpc) is 2.87. The minimum Gasteiger partial charge on any atom is -0.422 e. The van der Waals surface area contributed by atoms with Crippen LogP contribution in [0.4, 0.5) is 5.69 Å². The van der Waals surface area contributed by atoms with E-state index < -0.39 is 17.8 Å². The summed E-state index contributed by atoms with van der Waals surface area (Å²) in [4.78, 5) is 37.3. The summed E-state index contributed by atoms with van der Waals surface area (Å²) in [6.45, 7) is 1.88. The van der Waals surface area contributed by atoms with E-state index in [-0.39, 0.29) is 21.5 Å². The summed E-state index contributed by atoms with van der Waals surface area (Å²) in [5.41, 5.74) is 4.13. The minimum absolute atomic E-state index is 0.111. The lowest BCUT2D eigenvalue weighted by Crippen LogP contribution is -2.32. The van der Waals surface area contributed by atoms with Crippen LogP contribution in [-0.2, 0) is 9.59 Å². The van der Waals surface area contributed by atoms with E-state index in [2.05, 4.69) is 15.8 Å². The van der Waals surface area contributed by atoms with Gasteiger partial charge in [-0.05, 0) is 48.0 Å². The molecule has 0 fully saturated rings. The number of aryl methyl sites for hydroxylation is 1. The number of nitrogens with one attached hydrogen (secondary N) is 2. The minimum atomic E-state index is -1.03. The van der Waals surface area contributed by atoms with Crippen molar-refractivity contribution in [1.82, 2.24) is 5.43 Å². The molecular formula is C27H19Cl2N3O4. The van der Waals surface area contributed by atoms with Crippen molar-refractivity contribution < 1.29 is 19.1 Å². The Bertz CT molecular complexity index is 1520. The standard InChI is InChI=1S/C27H19Cl2N3O4/c1-16-6-4-8-18(14-16)27(35)36-23-13-12-17-7-2-3-9-19(17)20(23)15-30-32-26(34)25(33)31-22-11-5-10-21(28)24(22)29/h2-15H,1H3,(H,31,33)(H,32,34)/b30-15-. The lowest BCUT2D eigenvalue weighted by molar-refractivity contribution is -0.136. The van der Waals surface area contributed by atoms with Crippen molar-refractivity contribution in [2.45, 2.75) is 6.92 Å². The highest BCUT2D eigenvalue weighted by atomic mass is 35.5. The molecule has 4 rings (SSSR count). The molecule has 7 nitrogen and oxygen atoms in total. The van der Waals surface area contributed by atoms with E-state index in [1.165, 1.54) is 12.3 Å². The normalized spacial score (nSPS) is 10.9. The second kappa shape index (κ2) is 11.0. The maximum absolute atomic E-state index is 12.7. The van der Waals surface area contributed by atoms with Gasteiger partial charge in [-0.1, -0.05) is 77.3 Å². The first kappa shape index (κ1) is 24.9. The number of esters is 1. The molecule has 2 amide bonds. The van der Waals surface area contributed by atoms with E-state index in [0.29, 0.717) is 11.1 Å². The zero-order valence-electron chi connectivity index (χ0n) is 18.9. The number of carbonyl (C=O) groups is 3. The van der Waals surface area contributed by atoms with Crippen molar-refractivity contribution >= 4 is 63.7 Å². The van der Waals surface area contributed by atoms with Gasteiger partial charge in [-0.2, -0.15) is 5.10 Å². The Balaban J connectivity index is 1.55. The molecule has 9 heteroatoms. The smallest absolute Gasteiger partial charge is 0.343 e. The van der Waals surface area contributed by atoms with Gasteiger partial charge >= 0.3 is 17.8 Å². The van der Waals surface area contributed by atoms with E-state index in [1.807, 2.05) is 43.3 Å². The number of fused-ring (bicyclic) bond motifs is 1. The van der Waals surface area contributed by atoms with Gasteiger partial charge in [0, 0.05) is 5.56 Å². The number of carbonyl (C=O) groups excluding carboxylic acids is 3. The van der Waals surface area contributed by atoms with Crippen LogP contribution in [0, 0.1) is 6.92 Å². The zero-order valence-corrected chi connectivity index (χ0v) is 20.4. The fraction of sp³-hybridized carbons (Fsp3) is 0.0370. The quantitative estimate of drug-likeness (QED) is 0.115. The molecule has 36 heavy (non-hydrogen) atoms. The Morgan fingerprint density at radius 3 is 2.47 bits per heavy atom. The predicted octanol–water partition coefficient (Wildman–Crippen LogP) is 5.76. The van der Waals surface area contributed by atoms with Crippen molar-refractivity contribution in [3.05, 3.63) is 106 Å². The van der Waals surface area contributed by atoms with Gasteiger partial charge in [0.1, 0.15) is 5.75 Å². The van der Waals surface area contributed by atoms with E-state index in [1.54, 1.807) is 36.4 Å². The Kier molecular flexibility index (Phi) is 7.63. The molecule has 0 heterocycles. The van der Waals surface area contributed by atoms with Crippen molar-refractivity contribution in [3.63, 3.8) is 0 Å². The van der Waals surface area contributed by atoms with Gasteiger partial charge in [0.25, 0.3) is 0 Å². The van der Waals surface area contributed by atoms with Crippen LogP contribution >= 0.6 is 23.2 Å². The molecule has 0 bridgehead atoms. The summed E-state index contributed by atoms with van der Waals surface area (Å²) in [7, 11) is 0. The molecule has 0 spiro atoms. The van der Waals surface area contributed by atoms with Gasteiger partial charge in [-0.3, -0.25) is 9.59 Å². The number of halogens is 2. The molecule has 0 aromatic heterocycles. The van der Waals surface area contributed by atoms with E-state index in [4.69, 9.17) is 27.9 Å². The first-order chi connectivity index (χ1) is 17.3. The number of benzene rings is 4. The molecule has 180 valence electrons. The van der Waals surface area contributed by atoms with Gasteiger partial charge in [0.15, 0.2) is 0 Å². The van der Waals surface area contributed by atoms with Crippen molar-refractivity contribution in [1.29, 1.82) is 0 Å². The number of anilines is 1. The molecule has 0 aliphatic carbocycles. The first-order valence-electron chi connectivity index (χ1n) is 10.7. The third kappa shape index (κ3) is 5.71. The summed E-state index contributed by atoms with van der Waals surface area (Å²) in [5.74, 6) is -2.31. The highest BCUT2D eigenvalue weighted by Crippen LogP contribution is 2.30. The molecule has 2 N–H and O–H groups in total. The largest absolute Gasteiger partial charge is 0.422 e. The summed E-state index contributed by atoms with van der Waals surface area (Å²) >= 11 is 12.0. The molecule has 0 saturated carbocycles. The highest BCUT2D eigenvalue weighted by Gasteiger charge is 2.17. The monoisotopic (exact) mass is 519 g/mol. The van der Waals surface area contributed by atoms with Crippen LogP contribution in [0.1, 0.15) is 21.5 Å². The maximum atomic E-state index is 12.7. The molecule has 4 aromatic carbocycles. The van der Waals surface area contributed by atoms with Crippen molar-refractivity contribution in [2.24, 2.45) is 5.10 Å². The second-order valence-corrected chi connectivity index (χ2v) is 8.50. The Labute approximate surface area is 216 Å². The topological polar surface area (TPSA) is 96.9 Å². The van der Waals surface area contributed by atoms with E-state index in [9.17, 15) is 14.4 Å². The third-order valence-corrected chi connectivity index (χ3v) is 5.97. The summed E-state index contributed by atoms with van der Waals surface area (Å²) in [5, 5.41) is 8.24. The fourth-order valence-electron chi connectivity index (χ4n) is 3.41. The zero-order chi connectivity index (χ0) is 25.7. The van der Waals surface area contributed by atoms with Crippen LogP contribution in [0.25, 0.3) is 10.8 Å². The van der Waals surface area contributed by atoms with Crippen LogP contribution in [0.2, 0.25) is 10.0 Å². The number of ether oxygens (including phenoxy) is 1. The second-order valence-electron chi connectivity index (χ2n) is 7.71. The van der Waals surface area contributed by atoms with Crippen LogP contribution < -0.4 is 15.5 Å². The predicted molar refractivity (Wildman–Crippen MR) is 141 cm³/mol. The summed E-state index contributed by atoms with van der Waals surface area (Å²) in [6.07, 6.45) is 1.32. The number of hydrogen-bond donors (Lipinski definition) is 2. The van der Waals surface area contributed by atoms with Crippen molar-refractivity contribution in [3.8, 4) is 5.75 Å². The first-order valence-corrected chi connectivity index (χ1v) is 11.5. The van der Waals surface area contributed by atoms with Crippen LogP contribution in [0.15, 0.2) is 84.0 Å². The van der Waals surface area contributed by atoms with Crippen molar-refractivity contribution in [2.75, 3.05) is 5.32 Å². The SMILES string of the molecule is Cc1cccc(C(=O)Oc2ccc3ccccc3c2/C=N\NC(=O)C(=O)Nc2cccc(Cl)c2Cl)c1. The Morgan fingerprint density at radius 1 is 0.889 bits per heavy atom. The fourth-order valence-corrected chi connectivity index (χ4v) is 3.76. The maximum Gasteiger partial charge on any atom is 0.343 e. The Morgan fingerprint density at radius 2 is 1.67 bits per heavy atom. The van der Waals surface area contributed by atoms with Gasteiger partial charge in [-0.15, -0.1) is 0 Å². The lowest BCUT2D eigenvalue weighted by Gasteiger charge is -2.11. The third-order valence-electron chi connectivity index (χ3n) is 5.15. The molecule has 0 saturated heterocycles. The van der Waals surface area contributed by atoms with Gasteiger partial charge in [-0.25, -0.2) is 10.2 Å². The molecule has 4 aromatic rings. The molecule has 0 unspecified atom stereocenters. The number of rotatable bonds is 5. The highest BCUT2D eigenvalue weighted by molar-refractivity contribution is 6.45. The van der Waals surface area contributed by atoms with Gasteiger partial charge < -0.3 is 10.1 Å². The average molecular weight is 520 g/mol. The molecular weight excluding hydrogens is 501 g/mol. The molecule has 0 radical (unpaired) electrons. The summed E-state index contributed by atoms with van der Waals surface area (Å²) in [6, 6.07) is 22.6. The van der Waals surface area contributed by atoms with E-state index >= 15 is 0 Å². The number of amides is 2. The Hall–Kier alpha value is -4.20. The van der Waals surface area contributed by atoms with Crippen LogP contribution in [0.5, 0.6) is 5.75 Å². The lowest BCUT2D eigenvalue weighted by atomic mass is 10.0.